The summed E-state index contributed by atoms with van der Waals surface area (Å²) in [6, 6.07) is 18.7. The van der Waals surface area contributed by atoms with E-state index in [0.717, 1.165) is 11.6 Å². The fraction of sp³-hybridized carbons (Fsp3) is 0.250. The Morgan fingerprint density at radius 3 is 2.38 bits per heavy atom. The first-order valence-corrected chi connectivity index (χ1v) is 11.6. The lowest BCUT2D eigenvalue weighted by molar-refractivity contribution is -0.137. The number of hydrogen-bond donors (Lipinski definition) is 2. The quantitative estimate of drug-likeness (QED) is 0.478. The predicted octanol–water partition coefficient (Wildman–Crippen LogP) is 6.34. The van der Waals surface area contributed by atoms with E-state index >= 15 is 0 Å². The second-order valence-electron chi connectivity index (χ2n) is 8.59. The molecule has 168 valence electrons. The van der Waals surface area contributed by atoms with Crippen molar-refractivity contribution in [3.05, 3.63) is 89.5 Å². The molecule has 3 aromatic carbocycles. The largest absolute Gasteiger partial charge is 0.416 e. The van der Waals surface area contributed by atoms with Gasteiger partial charge in [-0.05, 0) is 65.4 Å². The summed E-state index contributed by atoms with van der Waals surface area (Å²) in [6.45, 7) is 3.84. The first-order chi connectivity index (χ1) is 15.0. The van der Waals surface area contributed by atoms with Gasteiger partial charge in [0.25, 0.3) is 10.0 Å². The summed E-state index contributed by atoms with van der Waals surface area (Å²) in [7, 11) is -3.73. The minimum atomic E-state index is -4.40. The van der Waals surface area contributed by atoms with E-state index in [-0.39, 0.29) is 10.9 Å². The normalized spacial score (nSPS) is 17.8. The summed E-state index contributed by atoms with van der Waals surface area (Å²) in [5.74, 6) is 0. The number of hydrogen-bond acceptors (Lipinski definition) is 3. The van der Waals surface area contributed by atoms with E-state index in [1.165, 1.54) is 24.3 Å². The van der Waals surface area contributed by atoms with E-state index in [2.05, 4.69) is 10.0 Å². The lowest BCUT2D eigenvalue weighted by Gasteiger charge is -2.39. The highest BCUT2D eigenvalue weighted by Crippen LogP contribution is 2.46. The fourth-order valence-electron chi connectivity index (χ4n) is 4.10. The van der Waals surface area contributed by atoms with E-state index in [1.54, 1.807) is 36.4 Å². The smallest absolute Gasteiger partial charge is 0.378 e. The summed E-state index contributed by atoms with van der Waals surface area (Å²) in [4.78, 5) is 0.164. The van der Waals surface area contributed by atoms with Crippen LogP contribution in [0.1, 0.15) is 43.0 Å². The highest BCUT2D eigenvalue weighted by Gasteiger charge is 2.37. The van der Waals surface area contributed by atoms with Crippen LogP contribution in [0, 0.1) is 0 Å². The van der Waals surface area contributed by atoms with Crippen LogP contribution in [0.3, 0.4) is 0 Å². The van der Waals surface area contributed by atoms with Gasteiger partial charge in [0.15, 0.2) is 0 Å². The van der Waals surface area contributed by atoms with Crippen molar-refractivity contribution in [3.63, 3.8) is 0 Å². The number of sulfonamides is 1. The molecule has 1 aliphatic rings. The Labute approximate surface area is 185 Å². The summed E-state index contributed by atoms with van der Waals surface area (Å²) < 4.78 is 67.4. The highest BCUT2D eigenvalue weighted by atomic mass is 32.2. The minimum Gasteiger partial charge on any atom is -0.378 e. The second-order valence-corrected chi connectivity index (χ2v) is 10.3. The van der Waals surface area contributed by atoms with E-state index in [0.29, 0.717) is 23.4 Å². The van der Waals surface area contributed by atoms with Gasteiger partial charge in [-0.2, -0.15) is 13.2 Å². The lowest BCUT2D eigenvalue weighted by Crippen LogP contribution is -2.31. The minimum absolute atomic E-state index is 0.164. The van der Waals surface area contributed by atoms with Crippen LogP contribution in [-0.2, 0) is 21.6 Å². The third-order valence-corrected chi connectivity index (χ3v) is 7.11. The van der Waals surface area contributed by atoms with Crippen LogP contribution < -0.4 is 10.0 Å². The van der Waals surface area contributed by atoms with Gasteiger partial charge < -0.3 is 5.32 Å². The SMILES string of the molecule is CC1(C)CC(c2cccc(NS(=O)(=O)c3ccccc3)c2)Nc2ccc(C(F)(F)F)cc21. The van der Waals surface area contributed by atoms with Crippen LogP contribution in [-0.4, -0.2) is 8.42 Å². The van der Waals surface area contributed by atoms with Crippen LogP contribution in [0.4, 0.5) is 24.5 Å². The molecule has 0 radical (unpaired) electrons. The molecule has 4 nitrogen and oxygen atoms in total. The fourth-order valence-corrected chi connectivity index (χ4v) is 5.17. The molecule has 2 N–H and O–H groups in total. The van der Waals surface area contributed by atoms with Gasteiger partial charge in [0.05, 0.1) is 16.5 Å². The number of rotatable bonds is 4. The number of nitrogens with one attached hydrogen (secondary N) is 2. The molecule has 0 aliphatic carbocycles. The van der Waals surface area contributed by atoms with E-state index in [4.69, 9.17) is 0 Å². The van der Waals surface area contributed by atoms with Crippen molar-refractivity contribution < 1.29 is 21.6 Å². The number of fused-ring (bicyclic) bond motifs is 1. The summed E-state index contributed by atoms with van der Waals surface area (Å²) in [5, 5.41) is 3.32. The molecule has 1 aliphatic heterocycles. The predicted molar refractivity (Wildman–Crippen MR) is 119 cm³/mol. The van der Waals surface area contributed by atoms with E-state index in [1.807, 2.05) is 19.9 Å². The van der Waals surface area contributed by atoms with Crippen LogP contribution in [0.5, 0.6) is 0 Å². The second kappa shape index (κ2) is 7.85. The van der Waals surface area contributed by atoms with Gasteiger partial charge in [-0.1, -0.05) is 44.2 Å². The molecule has 4 rings (SSSR count). The monoisotopic (exact) mass is 460 g/mol. The molecule has 0 aromatic heterocycles. The number of benzene rings is 3. The van der Waals surface area contributed by atoms with Gasteiger partial charge in [0, 0.05) is 11.4 Å². The zero-order chi connectivity index (χ0) is 23.1. The molecule has 32 heavy (non-hydrogen) atoms. The van der Waals surface area contributed by atoms with Crippen molar-refractivity contribution in [2.45, 2.75) is 42.8 Å². The van der Waals surface area contributed by atoms with Gasteiger partial charge in [-0.15, -0.1) is 0 Å². The van der Waals surface area contributed by atoms with Gasteiger partial charge in [0.2, 0.25) is 0 Å². The molecule has 0 fully saturated rings. The zero-order valence-corrected chi connectivity index (χ0v) is 18.4. The first kappa shape index (κ1) is 22.2. The first-order valence-electron chi connectivity index (χ1n) is 10.1. The molecular formula is C24H23F3N2O2S. The molecule has 1 unspecified atom stereocenters. The van der Waals surface area contributed by atoms with Crippen LogP contribution in [0.2, 0.25) is 0 Å². The summed E-state index contributed by atoms with van der Waals surface area (Å²) >= 11 is 0. The van der Waals surface area contributed by atoms with Crippen molar-refractivity contribution >= 4 is 21.4 Å². The molecule has 8 heteroatoms. The Balaban J connectivity index is 1.62. The zero-order valence-electron chi connectivity index (χ0n) is 17.6. The topological polar surface area (TPSA) is 58.2 Å². The molecule has 1 heterocycles. The van der Waals surface area contributed by atoms with E-state index < -0.39 is 27.2 Å². The number of anilines is 2. The molecule has 0 saturated heterocycles. The third-order valence-electron chi connectivity index (χ3n) is 5.71. The molecule has 0 amide bonds. The molecular weight excluding hydrogens is 437 g/mol. The number of alkyl halides is 3. The maximum atomic E-state index is 13.2. The van der Waals surface area contributed by atoms with Crippen LogP contribution in [0.25, 0.3) is 0 Å². The Kier molecular flexibility index (Phi) is 5.45. The molecule has 0 bridgehead atoms. The molecule has 3 aromatic rings. The van der Waals surface area contributed by atoms with Crippen LogP contribution in [0.15, 0.2) is 77.7 Å². The van der Waals surface area contributed by atoms with Crippen molar-refractivity contribution in [3.8, 4) is 0 Å². The van der Waals surface area contributed by atoms with Gasteiger partial charge in [0.1, 0.15) is 0 Å². The van der Waals surface area contributed by atoms with Crippen molar-refractivity contribution in [1.29, 1.82) is 0 Å². The standard InChI is InChI=1S/C24H23F3N2O2S/c1-23(2)15-22(28-21-12-11-17(14-20(21)23)24(25,26)27)16-7-6-8-18(13-16)29-32(30,31)19-9-4-3-5-10-19/h3-14,22,28-29H,15H2,1-2H3. The third kappa shape index (κ3) is 4.46. The summed E-state index contributed by atoms with van der Waals surface area (Å²) in [6.07, 6.45) is -3.84. The van der Waals surface area contributed by atoms with Crippen LogP contribution >= 0.6 is 0 Å². The van der Waals surface area contributed by atoms with Gasteiger partial charge in [-0.3, -0.25) is 4.72 Å². The lowest BCUT2D eigenvalue weighted by atomic mass is 9.73. The summed E-state index contributed by atoms with van der Waals surface area (Å²) in [5.41, 5.74) is 1.36. The number of halogens is 3. The van der Waals surface area contributed by atoms with Gasteiger partial charge in [-0.25, -0.2) is 8.42 Å². The molecule has 0 spiro atoms. The Morgan fingerprint density at radius 2 is 1.69 bits per heavy atom. The molecule has 0 saturated carbocycles. The maximum Gasteiger partial charge on any atom is 0.416 e. The Bertz CT molecular complexity index is 1240. The average Bonchev–Trinajstić information content (AvgIpc) is 2.73. The Morgan fingerprint density at radius 1 is 0.969 bits per heavy atom. The van der Waals surface area contributed by atoms with Crippen molar-refractivity contribution in [1.82, 2.24) is 0 Å². The maximum absolute atomic E-state index is 13.2. The molecule has 1 atom stereocenters. The van der Waals surface area contributed by atoms with Crippen molar-refractivity contribution in [2.24, 2.45) is 0 Å². The highest BCUT2D eigenvalue weighted by molar-refractivity contribution is 7.92. The average molecular weight is 461 g/mol. The van der Waals surface area contributed by atoms with E-state index in [9.17, 15) is 21.6 Å². The van der Waals surface area contributed by atoms with Crippen molar-refractivity contribution in [2.75, 3.05) is 10.0 Å². The Hall–Kier alpha value is -3.00. The van der Waals surface area contributed by atoms with Gasteiger partial charge >= 0.3 is 6.18 Å².